The van der Waals surface area contributed by atoms with Crippen LogP contribution in [0, 0.1) is 0 Å². The van der Waals surface area contributed by atoms with E-state index in [4.69, 9.17) is 9.29 Å². The van der Waals surface area contributed by atoms with E-state index < -0.39 is 94.6 Å². The molecule has 8 N–H and O–H groups in total. The Kier molecular flexibility index (Phi) is 25.7. The minimum atomic E-state index is -4.70. The molecular weight excluding hydrogens is 957 g/mol. The van der Waals surface area contributed by atoms with Gasteiger partial charge in [-0.15, -0.1) is 0 Å². The largest absolute Gasteiger partial charge is 0.495 e. The number of urea groups is 1. The number of carbonyl (C=O) groups is 7. The number of methoxy groups -OCH3 is 1. The van der Waals surface area contributed by atoms with Crippen LogP contribution in [0.5, 0.6) is 5.75 Å². The standard InChI is InChI=1S/C36H32N8O16S2.4Na/c1-17(45)30(32(47)37-19-4-8-22(9-5-19)61(54,55)56)43-41-26-11-6-20(14-24(26)34(49)50)38-36(53)39-21-7-12-27(25(15-21)35(51)52)42-44-31(18(2)46)33(48)40-28-16-23(62(57,58)59)10-13-29(28)60-3;;;;/h4-16,30-31H,1-3H3,(H,37,47)(H,40,48)(H,49,50)(H,51,52)(H2,38,39,53)(H,54,55,56)(H,57,58,59);;;;. The number of hydrogen-bond donors (Lipinski definition) is 8. The Morgan fingerprint density at radius 1 is 0.545 bits per heavy atom. The fourth-order valence-corrected chi connectivity index (χ4v) is 5.97. The van der Waals surface area contributed by atoms with Crippen molar-refractivity contribution in [2.75, 3.05) is 28.4 Å². The summed E-state index contributed by atoms with van der Waals surface area (Å²) in [4.78, 5) is 86.4. The van der Waals surface area contributed by atoms with Crippen LogP contribution in [-0.4, -0.2) is 215 Å². The predicted octanol–water partition coefficient (Wildman–Crippen LogP) is 3.07. The van der Waals surface area contributed by atoms with Gasteiger partial charge in [-0.05, 0) is 92.7 Å². The number of rotatable bonds is 17. The topological polar surface area (TPSA) is 375 Å². The van der Waals surface area contributed by atoms with Crippen LogP contribution in [0.3, 0.4) is 0 Å². The summed E-state index contributed by atoms with van der Waals surface area (Å²) in [5.41, 5.74) is -2.29. The van der Waals surface area contributed by atoms with Crippen molar-refractivity contribution >= 4 is 214 Å². The zero-order valence-electron chi connectivity index (χ0n) is 36.0. The number of carboxylic acids is 2. The molecule has 2 atom stereocenters. The first-order valence-corrected chi connectivity index (χ1v) is 19.9. The van der Waals surface area contributed by atoms with E-state index in [0.717, 1.165) is 80.6 Å². The Morgan fingerprint density at radius 3 is 1.32 bits per heavy atom. The van der Waals surface area contributed by atoms with Gasteiger partial charge in [-0.2, -0.15) is 37.3 Å². The Bertz CT molecular complexity index is 2800. The Balaban J connectivity index is 0.0000106. The second-order valence-electron chi connectivity index (χ2n) is 12.4. The van der Waals surface area contributed by atoms with E-state index >= 15 is 0 Å². The molecular formula is C36H32N8Na4O16S2. The van der Waals surface area contributed by atoms with E-state index in [1.54, 1.807) is 0 Å². The number of carbonyl (C=O) groups excluding carboxylic acids is 5. The number of aromatic carboxylic acids is 2. The maximum atomic E-state index is 13.0. The van der Waals surface area contributed by atoms with Gasteiger partial charge in [0.05, 0.1) is 45.1 Å². The third kappa shape index (κ3) is 17.7. The van der Waals surface area contributed by atoms with Crippen LogP contribution in [0.1, 0.15) is 34.6 Å². The first-order valence-electron chi connectivity index (χ1n) is 17.0. The molecule has 4 rings (SSSR count). The Morgan fingerprint density at radius 2 is 0.939 bits per heavy atom. The maximum absolute atomic E-state index is 13.0. The monoisotopic (exact) mass is 988 g/mol. The van der Waals surface area contributed by atoms with E-state index in [1.807, 2.05) is 0 Å². The van der Waals surface area contributed by atoms with Gasteiger partial charge in [-0.25, -0.2) is 14.4 Å². The van der Waals surface area contributed by atoms with Crippen LogP contribution in [0.25, 0.3) is 0 Å². The Hall–Kier alpha value is -3.81. The number of nitrogens with one attached hydrogen (secondary N) is 4. The van der Waals surface area contributed by atoms with Crippen LogP contribution in [0.2, 0.25) is 0 Å². The number of amides is 4. The first-order chi connectivity index (χ1) is 29.0. The average Bonchev–Trinajstić information content (AvgIpc) is 3.17. The van der Waals surface area contributed by atoms with E-state index in [1.165, 1.54) is 19.2 Å². The second-order valence-corrected chi connectivity index (χ2v) is 15.3. The van der Waals surface area contributed by atoms with Gasteiger partial charge >= 0.3 is 18.0 Å². The van der Waals surface area contributed by atoms with Crippen molar-refractivity contribution in [2.24, 2.45) is 20.5 Å². The number of ketones is 2. The van der Waals surface area contributed by atoms with Gasteiger partial charge in [0.2, 0.25) is 12.1 Å². The molecule has 328 valence electrons. The molecule has 0 saturated carbocycles. The quantitative estimate of drug-likeness (QED) is 0.0326. The molecule has 0 aliphatic heterocycles. The molecule has 4 aromatic carbocycles. The molecule has 4 radical (unpaired) electrons. The van der Waals surface area contributed by atoms with Gasteiger partial charge in [0.1, 0.15) is 5.75 Å². The molecule has 0 bridgehead atoms. The number of carboxylic acid groups (broad SMARTS) is 2. The molecule has 0 spiro atoms. The SMILES string of the molecule is COc1ccc(S(=O)(=O)O)cc1NC(=O)C(N=Nc1ccc(NC(=O)Nc2ccc(N=NC(C(C)=O)C(=O)Nc3ccc(S(=O)(=O)O)cc3)c(C(=O)O)c2)cc1C(=O)O)C(C)=O.[Na].[Na].[Na].[Na]. The van der Waals surface area contributed by atoms with Gasteiger partial charge in [-0.1, -0.05) is 0 Å². The zero-order valence-corrected chi connectivity index (χ0v) is 45.6. The number of hydrogen-bond acceptors (Lipinski definition) is 16. The molecule has 4 aromatic rings. The molecule has 0 saturated heterocycles. The predicted molar refractivity (Wildman–Crippen MR) is 237 cm³/mol. The van der Waals surface area contributed by atoms with Crippen molar-refractivity contribution in [3.8, 4) is 5.75 Å². The van der Waals surface area contributed by atoms with Crippen molar-refractivity contribution < 1.29 is 74.5 Å². The van der Waals surface area contributed by atoms with E-state index in [2.05, 4.69) is 41.7 Å². The van der Waals surface area contributed by atoms with Gasteiger partial charge in [0, 0.05) is 135 Å². The first kappa shape index (κ1) is 62.2. The average molecular weight is 989 g/mol. The second kappa shape index (κ2) is 27.3. The van der Waals surface area contributed by atoms with Crippen molar-refractivity contribution in [1.29, 1.82) is 0 Å². The van der Waals surface area contributed by atoms with Crippen LogP contribution >= 0.6 is 0 Å². The van der Waals surface area contributed by atoms with Gasteiger partial charge in [-0.3, -0.25) is 28.3 Å². The number of nitrogens with zero attached hydrogens (tertiary/aromatic N) is 4. The summed E-state index contributed by atoms with van der Waals surface area (Å²) in [6.07, 6.45) is 0. The molecule has 0 aliphatic carbocycles. The fourth-order valence-electron chi connectivity index (χ4n) is 4.98. The third-order valence-corrected chi connectivity index (χ3v) is 9.66. The molecule has 4 amide bonds. The molecule has 0 aromatic heterocycles. The zero-order chi connectivity index (χ0) is 46.1. The van der Waals surface area contributed by atoms with E-state index in [9.17, 15) is 65.2 Å². The summed E-state index contributed by atoms with van der Waals surface area (Å²) in [7, 11) is -8.01. The molecule has 30 heteroatoms. The van der Waals surface area contributed by atoms with Crippen LogP contribution in [-0.2, 0) is 39.4 Å². The van der Waals surface area contributed by atoms with Gasteiger partial charge in [0.15, 0.2) is 11.6 Å². The molecule has 0 aliphatic rings. The van der Waals surface area contributed by atoms with Crippen molar-refractivity contribution in [1.82, 2.24) is 0 Å². The summed E-state index contributed by atoms with van der Waals surface area (Å²) < 4.78 is 69.2. The molecule has 24 nitrogen and oxygen atoms in total. The minimum absolute atomic E-state index is 0. The van der Waals surface area contributed by atoms with Crippen LogP contribution in [0.4, 0.5) is 38.9 Å². The van der Waals surface area contributed by atoms with Crippen molar-refractivity contribution in [3.05, 3.63) is 90.0 Å². The summed E-state index contributed by atoms with van der Waals surface area (Å²) in [6.45, 7) is 1.99. The number of anilines is 4. The summed E-state index contributed by atoms with van der Waals surface area (Å²) >= 11 is 0. The summed E-state index contributed by atoms with van der Waals surface area (Å²) in [6, 6.07) is 9.01. The number of Topliss-reactive ketones (excluding diaryl/α,β-unsaturated/α-hetero) is 2. The maximum Gasteiger partial charge on any atom is 0.338 e. The van der Waals surface area contributed by atoms with E-state index in [-0.39, 0.29) is 158 Å². The smallest absolute Gasteiger partial charge is 0.338 e. The number of benzene rings is 4. The van der Waals surface area contributed by atoms with Gasteiger partial charge in [0.25, 0.3) is 32.1 Å². The van der Waals surface area contributed by atoms with Crippen LogP contribution < -0.4 is 26.0 Å². The number of ether oxygens (including phenoxy) is 1. The van der Waals surface area contributed by atoms with Crippen LogP contribution in [0.15, 0.2) is 109 Å². The molecule has 2 unspecified atom stereocenters. The van der Waals surface area contributed by atoms with Crippen molar-refractivity contribution in [2.45, 2.75) is 35.7 Å². The molecule has 66 heavy (non-hydrogen) atoms. The minimum Gasteiger partial charge on any atom is -0.495 e. The van der Waals surface area contributed by atoms with E-state index in [0.29, 0.717) is 0 Å². The normalized spacial score (nSPS) is 11.8. The molecule has 0 fully saturated rings. The number of azo groups is 2. The third-order valence-electron chi connectivity index (χ3n) is 7.94. The fraction of sp³-hybridized carbons (Fsp3) is 0.139. The summed E-state index contributed by atoms with van der Waals surface area (Å²) in [5.74, 6) is -6.99. The van der Waals surface area contributed by atoms with Crippen molar-refractivity contribution in [3.63, 3.8) is 0 Å². The molecule has 0 heterocycles. The van der Waals surface area contributed by atoms with Gasteiger partial charge < -0.3 is 36.2 Å². The summed E-state index contributed by atoms with van der Waals surface area (Å²) in [5, 5.41) is 43.7. The Labute approximate surface area is 463 Å².